The topological polar surface area (TPSA) is 9.86 Å². The van der Waals surface area contributed by atoms with E-state index in [0.29, 0.717) is 0 Å². The Morgan fingerprint density at radius 1 is 0.296 bits per heavy atom. The molecule has 8 aromatic carbocycles. The lowest BCUT2D eigenvalue weighted by Crippen LogP contribution is -2.39. The van der Waals surface area contributed by atoms with E-state index in [2.05, 4.69) is 203 Å². The molecule has 0 radical (unpaired) electrons. The molecule has 0 atom stereocenters. The maximum atomic E-state index is 2.42. The van der Waals surface area contributed by atoms with Gasteiger partial charge in [-0.05, 0) is 94.8 Å². The number of nitrogens with zero attached hydrogens (tertiary/aromatic N) is 2. The first-order valence-corrected chi connectivity index (χ1v) is 19.2. The van der Waals surface area contributed by atoms with Crippen molar-refractivity contribution >= 4 is 43.6 Å². The molecule has 2 aromatic heterocycles. The van der Waals surface area contributed by atoms with E-state index in [-0.39, 0.29) is 5.41 Å². The molecule has 1 spiro atoms. The fraction of sp³-hybridized carbons (Fsp3) is 0.0769. The molecule has 0 aliphatic heterocycles. The molecule has 2 aliphatic rings. The molecule has 0 unspecified atom stereocenters. The van der Waals surface area contributed by atoms with Gasteiger partial charge in [-0.3, -0.25) is 0 Å². The van der Waals surface area contributed by atoms with Crippen LogP contribution in [0.1, 0.15) is 46.2 Å². The summed E-state index contributed by atoms with van der Waals surface area (Å²) in [5, 5.41) is 5.12. The second kappa shape index (κ2) is 10.9. The van der Waals surface area contributed by atoms with Crippen LogP contribution in [-0.4, -0.2) is 9.13 Å². The fourth-order valence-corrected chi connectivity index (χ4v) is 10.3. The third kappa shape index (κ3) is 3.85. The van der Waals surface area contributed by atoms with Crippen LogP contribution in [0.4, 0.5) is 0 Å². The van der Waals surface area contributed by atoms with E-state index < -0.39 is 5.41 Å². The monoisotopic (exact) mass is 688 g/mol. The first kappa shape index (κ1) is 29.9. The Balaban J connectivity index is 1.11. The van der Waals surface area contributed by atoms with Gasteiger partial charge in [0.25, 0.3) is 0 Å². The first-order chi connectivity index (χ1) is 26.8. The standard InChI is InChI=1S/C52H36N2/c1-9-21-47-39(13-1)40-14-2-10-22-48(40)53(47)37-29-25-35(26-30-37)52(45-19-7-5-17-43(45)51(33-34-51)44-18-6-8-20-46(44)52)36-27-31-38(32-28-36)54-49-23-11-3-15-41(49)42-16-4-12-24-50(42)54/h1-32H,33-34H2. The van der Waals surface area contributed by atoms with Gasteiger partial charge in [0.05, 0.1) is 27.5 Å². The zero-order valence-corrected chi connectivity index (χ0v) is 29.8. The number of hydrogen-bond acceptors (Lipinski definition) is 0. The second-order valence-corrected chi connectivity index (χ2v) is 15.3. The molecule has 1 saturated carbocycles. The third-order valence-electron chi connectivity index (χ3n) is 12.7. The zero-order chi connectivity index (χ0) is 35.4. The largest absolute Gasteiger partial charge is 0.309 e. The van der Waals surface area contributed by atoms with Gasteiger partial charge in [0.1, 0.15) is 0 Å². The van der Waals surface area contributed by atoms with Gasteiger partial charge in [-0.1, -0.05) is 146 Å². The van der Waals surface area contributed by atoms with E-state index in [4.69, 9.17) is 0 Å². The van der Waals surface area contributed by atoms with Crippen molar-refractivity contribution < 1.29 is 0 Å². The summed E-state index contributed by atoms with van der Waals surface area (Å²) in [7, 11) is 0. The smallest absolute Gasteiger partial charge is 0.0707 e. The third-order valence-corrected chi connectivity index (χ3v) is 12.7. The van der Waals surface area contributed by atoms with E-state index in [1.807, 2.05) is 0 Å². The zero-order valence-electron chi connectivity index (χ0n) is 29.8. The maximum absolute atomic E-state index is 2.42. The number of fused-ring (bicyclic) bond motifs is 10. The quantitative estimate of drug-likeness (QED) is 0.174. The van der Waals surface area contributed by atoms with Crippen LogP contribution in [0.5, 0.6) is 0 Å². The molecule has 54 heavy (non-hydrogen) atoms. The predicted octanol–water partition coefficient (Wildman–Crippen LogP) is 12.7. The molecule has 254 valence electrons. The van der Waals surface area contributed by atoms with Crippen LogP contribution in [0, 0.1) is 0 Å². The van der Waals surface area contributed by atoms with Crippen molar-refractivity contribution in [2.45, 2.75) is 23.7 Å². The number of para-hydroxylation sites is 4. The number of hydrogen-bond donors (Lipinski definition) is 0. The number of aromatic nitrogens is 2. The molecule has 0 bridgehead atoms. The first-order valence-electron chi connectivity index (χ1n) is 19.2. The molecule has 0 saturated heterocycles. The SMILES string of the molecule is c1ccc2c(c1)C1(CC1)c1ccccc1C2(c1ccc(-n2c3ccccc3c3ccccc32)cc1)c1ccc(-n2c3ccccc3c3ccccc32)cc1. The molecule has 10 aromatic rings. The molecule has 2 aliphatic carbocycles. The highest BCUT2D eigenvalue weighted by atomic mass is 15.0. The Morgan fingerprint density at radius 3 is 0.926 bits per heavy atom. The highest BCUT2D eigenvalue weighted by Gasteiger charge is 2.57. The van der Waals surface area contributed by atoms with E-state index >= 15 is 0 Å². The highest BCUT2D eigenvalue weighted by Crippen LogP contribution is 2.64. The molecular weight excluding hydrogens is 653 g/mol. The van der Waals surface area contributed by atoms with Crippen molar-refractivity contribution in [1.82, 2.24) is 9.13 Å². The van der Waals surface area contributed by atoms with Gasteiger partial charge in [0.15, 0.2) is 0 Å². The van der Waals surface area contributed by atoms with Crippen LogP contribution in [0.2, 0.25) is 0 Å². The van der Waals surface area contributed by atoms with Crippen molar-refractivity contribution in [3.05, 3.63) is 228 Å². The van der Waals surface area contributed by atoms with E-state index in [1.165, 1.54) is 101 Å². The van der Waals surface area contributed by atoms with Gasteiger partial charge in [-0.25, -0.2) is 0 Å². The van der Waals surface area contributed by atoms with Crippen LogP contribution in [0.3, 0.4) is 0 Å². The minimum Gasteiger partial charge on any atom is -0.309 e. The molecular formula is C52H36N2. The maximum Gasteiger partial charge on any atom is 0.0707 e. The Morgan fingerprint density at radius 2 is 0.593 bits per heavy atom. The lowest BCUT2D eigenvalue weighted by Gasteiger charge is -2.45. The van der Waals surface area contributed by atoms with Crippen LogP contribution in [-0.2, 0) is 10.8 Å². The summed E-state index contributed by atoms with van der Waals surface area (Å²) in [5.74, 6) is 0. The summed E-state index contributed by atoms with van der Waals surface area (Å²) in [4.78, 5) is 0. The lowest BCUT2D eigenvalue weighted by atomic mass is 9.56. The van der Waals surface area contributed by atoms with Gasteiger partial charge < -0.3 is 9.13 Å². The van der Waals surface area contributed by atoms with Gasteiger partial charge in [0.2, 0.25) is 0 Å². The van der Waals surface area contributed by atoms with E-state index in [9.17, 15) is 0 Å². The predicted molar refractivity (Wildman–Crippen MR) is 223 cm³/mol. The molecule has 2 nitrogen and oxygen atoms in total. The van der Waals surface area contributed by atoms with Crippen LogP contribution in [0.15, 0.2) is 194 Å². The van der Waals surface area contributed by atoms with Crippen LogP contribution >= 0.6 is 0 Å². The minimum atomic E-state index is -0.500. The van der Waals surface area contributed by atoms with Crippen LogP contribution in [0.25, 0.3) is 55.0 Å². The summed E-state index contributed by atoms with van der Waals surface area (Å²) >= 11 is 0. The normalized spacial score (nSPS) is 15.2. The van der Waals surface area contributed by atoms with E-state index in [0.717, 1.165) is 0 Å². The fourth-order valence-electron chi connectivity index (χ4n) is 10.3. The molecule has 1 fully saturated rings. The molecule has 2 heteroatoms. The minimum absolute atomic E-state index is 0.0858. The summed E-state index contributed by atoms with van der Waals surface area (Å²) in [6.45, 7) is 0. The number of benzene rings is 8. The summed E-state index contributed by atoms with van der Waals surface area (Å²) < 4.78 is 4.84. The van der Waals surface area contributed by atoms with Gasteiger partial charge >= 0.3 is 0 Å². The highest BCUT2D eigenvalue weighted by molar-refractivity contribution is 6.10. The molecule has 0 amide bonds. The van der Waals surface area contributed by atoms with Gasteiger partial charge in [0, 0.05) is 38.3 Å². The Kier molecular flexibility index (Phi) is 6.06. The average molecular weight is 689 g/mol. The Hall–Kier alpha value is -6.64. The molecule has 12 rings (SSSR count). The van der Waals surface area contributed by atoms with Crippen molar-refractivity contribution in [1.29, 1.82) is 0 Å². The van der Waals surface area contributed by atoms with Crippen molar-refractivity contribution in [2.24, 2.45) is 0 Å². The molecule has 2 heterocycles. The number of rotatable bonds is 4. The Labute approximate surface area is 314 Å². The van der Waals surface area contributed by atoms with Gasteiger partial charge in [-0.2, -0.15) is 0 Å². The van der Waals surface area contributed by atoms with Crippen molar-refractivity contribution in [3.63, 3.8) is 0 Å². The summed E-state index contributed by atoms with van der Waals surface area (Å²) in [5.41, 5.74) is 15.2. The average Bonchev–Trinajstić information content (AvgIpc) is 3.88. The summed E-state index contributed by atoms with van der Waals surface area (Å²) in [6.07, 6.45) is 2.38. The second-order valence-electron chi connectivity index (χ2n) is 15.3. The Bertz CT molecular complexity index is 2780. The van der Waals surface area contributed by atoms with Crippen molar-refractivity contribution in [3.8, 4) is 11.4 Å². The summed E-state index contributed by atoms with van der Waals surface area (Å²) in [6, 6.07) is 72.7. The lowest BCUT2D eigenvalue weighted by molar-refractivity contribution is 0.647. The van der Waals surface area contributed by atoms with Crippen molar-refractivity contribution in [2.75, 3.05) is 0 Å². The molecule has 0 N–H and O–H groups in total. The van der Waals surface area contributed by atoms with Gasteiger partial charge in [-0.15, -0.1) is 0 Å². The van der Waals surface area contributed by atoms with Crippen LogP contribution < -0.4 is 0 Å². The van der Waals surface area contributed by atoms with E-state index in [1.54, 1.807) is 0 Å².